The number of hydrogen-bond donors (Lipinski definition) is 3. The van der Waals surface area contributed by atoms with Crippen LogP contribution in [0, 0.1) is 0 Å². The standard InChI is InChI=1S/C18H15F3O6/c1-2-12(17(25)26)13-7-10(22)8-14(23)15(13)16(24)9-3-5-11(6-4-9)27-18(19,20)21/h3-8,12,22-23H,2H2,1H3,(H,25,26). The van der Waals surface area contributed by atoms with E-state index < -0.39 is 41.3 Å². The molecule has 0 amide bonds. The average Bonchev–Trinajstić information content (AvgIpc) is 2.53. The maximum absolute atomic E-state index is 12.7. The summed E-state index contributed by atoms with van der Waals surface area (Å²) in [4.78, 5) is 24.2. The molecule has 2 aromatic rings. The van der Waals surface area contributed by atoms with E-state index in [4.69, 9.17) is 0 Å². The first-order chi connectivity index (χ1) is 12.5. The number of hydrogen-bond acceptors (Lipinski definition) is 5. The van der Waals surface area contributed by atoms with Crippen LogP contribution in [0.25, 0.3) is 0 Å². The van der Waals surface area contributed by atoms with Gasteiger partial charge >= 0.3 is 12.3 Å². The van der Waals surface area contributed by atoms with Gasteiger partial charge in [0.15, 0.2) is 5.78 Å². The van der Waals surface area contributed by atoms with Gasteiger partial charge in [-0.2, -0.15) is 0 Å². The second kappa shape index (κ2) is 7.56. The number of ketones is 1. The number of carboxylic acids is 1. The SMILES string of the molecule is CCC(C(=O)O)c1cc(O)cc(O)c1C(=O)c1ccc(OC(F)(F)F)cc1. The number of carboxylic acid groups (broad SMARTS) is 1. The van der Waals surface area contributed by atoms with Crippen LogP contribution >= 0.6 is 0 Å². The Balaban J connectivity index is 2.48. The maximum Gasteiger partial charge on any atom is 0.573 e. The van der Waals surface area contributed by atoms with Gasteiger partial charge in [-0.25, -0.2) is 0 Å². The maximum atomic E-state index is 12.7. The smallest absolute Gasteiger partial charge is 0.508 e. The molecule has 0 spiro atoms. The summed E-state index contributed by atoms with van der Waals surface area (Å²) in [5.74, 6) is -4.83. The average molecular weight is 384 g/mol. The molecule has 144 valence electrons. The van der Waals surface area contributed by atoms with Gasteiger partial charge < -0.3 is 20.1 Å². The van der Waals surface area contributed by atoms with Gasteiger partial charge in [-0.3, -0.25) is 9.59 Å². The minimum absolute atomic E-state index is 0.0802. The molecule has 27 heavy (non-hydrogen) atoms. The van der Waals surface area contributed by atoms with Crippen LogP contribution < -0.4 is 4.74 Å². The molecule has 0 saturated heterocycles. The van der Waals surface area contributed by atoms with Gasteiger partial charge in [0.1, 0.15) is 17.2 Å². The second-order valence-electron chi connectivity index (χ2n) is 5.63. The van der Waals surface area contributed by atoms with Crippen molar-refractivity contribution in [3.63, 3.8) is 0 Å². The molecule has 1 atom stereocenters. The predicted molar refractivity (Wildman–Crippen MR) is 87.0 cm³/mol. The summed E-state index contributed by atoms with van der Waals surface area (Å²) in [5.41, 5.74) is -0.526. The lowest BCUT2D eigenvalue weighted by Crippen LogP contribution is -2.17. The first kappa shape index (κ1) is 20.1. The van der Waals surface area contributed by atoms with Crippen LogP contribution in [0.3, 0.4) is 0 Å². The number of carbonyl (C=O) groups excluding carboxylic acids is 1. The lowest BCUT2D eigenvalue weighted by molar-refractivity contribution is -0.274. The zero-order chi connectivity index (χ0) is 20.4. The summed E-state index contributed by atoms with van der Waals surface area (Å²) in [6, 6.07) is 5.91. The van der Waals surface area contributed by atoms with Crippen molar-refractivity contribution in [2.75, 3.05) is 0 Å². The van der Waals surface area contributed by atoms with E-state index >= 15 is 0 Å². The van der Waals surface area contributed by atoms with Crippen molar-refractivity contribution in [1.29, 1.82) is 0 Å². The minimum Gasteiger partial charge on any atom is -0.508 e. The number of aliphatic carboxylic acids is 1. The number of rotatable bonds is 6. The number of ether oxygens (including phenoxy) is 1. The van der Waals surface area contributed by atoms with Crippen molar-refractivity contribution in [3.05, 3.63) is 53.1 Å². The Kier molecular flexibility index (Phi) is 5.63. The van der Waals surface area contributed by atoms with Crippen LogP contribution in [0.15, 0.2) is 36.4 Å². The molecule has 0 aliphatic heterocycles. The highest BCUT2D eigenvalue weighted by molar-refractivity contribution is 6.12. The number of halogens is 3. The Labute approximate surface area is 151 Å². The van der Waals surface area contributed by atoms with E-state index in [0.29, 0.717) is 0 Å². The number of phenols is 2. The van der Waals surface area contributed by atoms with Gasteiger partial charge in [-0.05, 0) is 42.3 Å². The second-order valence-corrected chi connectivity index (χ2v) is 5.63. The molecule has 0 aromatic heterocycles. The monoisotopic (exact) mass is 384 g/mol. The zero-order valence-corrected chi connectivity index (χ0v) is 13.9. The Morgan fingerprint density at radius 1 is 1.11 bits per heavy atom. The van der Waals surface area contributed by atoms with Gasteiger partial charge in [-0.15, -0.1) is 13.2 Å². The van der Waals surface area contributed by atoms with Gasteiger partial charge in [-0.1, -0.05) is 6.92 Å². The van der Waals surface area contributed by atoms with Crippen LogP contribution in [0.1, 0.15) is 40.7 Å². The van der Waals surface area contributed by atoms with Crippen molar-refractivity contribution < 1.29 is 42.8 Å². The topological polar surface area (TPSA) is 104 Å². The van der Waals surface area contributed by atoms with E-state index in [2.05, 4.69) is 4.74 Å². The summed E-state index contributed by atoms with van der Waals surface area (Å²) in [6.45, 7) is 1.55. The number of aromatic hydroxyl groups is 2. The van der Waals surface area contributed by atoms with Crippen molar-refractivity contribution in [2.45, 2.75) is 25.6 Å². The summed E-state index contributed by atoms with van der Waals surface area (Å²) in [5, 5.41) is 29.1. The third-order valence-electron chi connectivity index (χ3n) is 3.79. The molecular formula is C18H15F3O6. The number of benzene rings is 2. The van der Waals surface area contributed by atoms with E-state index in [-0.39, 0.29) is 23.1 Å². The normalized spacial score (nSPS) is 12.4. The third kappa shape index (κ3) is 4.69. The molecule has 0 radical (unpaired) electrons. The summed E-state index contributed by atoms with van der Waals surface area (Å²) in [7, 11) is 0. The lowest BCUT2D eigenvalue weighted by Gasteiger charge is -2.17. The first-order valence-electron chi connectivity index (χ1n) is 7.72. The number of phenolic OH excluding ortho intramolecular Hbond substituents is 2. The van der Waals surface area contributed by atoms with E-state index in [9.17, 15) is 38.1 Å². The van der Waals surface area contributed by atoms with E-state index in [1.807, 2.05) is 0 Å². The molecule has 3 N–H and O–H groups in total. The summed E-state index contributed by atoms with van der Waals surface area (Å²) in [6.07, 6.45) is -4.80. The Hall–Kier alpha value is -3.23. The van der Waals surface area contributed by atoms with Gasteiger partial charge in [0.2, 0.25) is 0 Å². The molecule has 6 nitrogen and oxygen atoms in total. The fraction of sp³-hybridized carbons (Fsp3) is 0.222. The predicted octanol–water partition coefficient (Wildman–Crippen LogP) is 3.81. The quantitative estimate of drug-likeness (QED) is 0.655. The fourth-order valence-electron chi connectivity index (χ4n) is 2.64. The van der Waals surface area contributed by atoms with Gasteiger partial charge in [0.25, 0.3) is 0 Å². The summed E-state index contributed by atoms with van der Waals surface area (Å²) >= 11 is 0. The minimum atomic E-state index is -4.89. The highest BCUT2D eigenvalue weighted by Gasteiger charge is 2.31. The largest absolute Gasteiger partial charge is 0.573 e. The Morgan fingerprint density at radius 2 is 1.70 bits per heavy atom. The third-order valence-corrected chi connectivity index (χ3v) is 3.79. The van der Waals surface area contributed by atoms with E-state index in [0.717, 1.165) is 36.4 Å². The molecule has 0 heterocycles. The van der Waals surface area contributed by atoms with Crippen LogP contribution in [0.2, 0.25) is 0 Å². The Morgan fingerprint density at radius 3 is 2.19 bits per heavy atom. The molecule has 0 aliphatic rings. The number of alkyl halides is 3. The first-order valence-corrected chi connectivity index (χ1v) is 7.72. The van der Waals surface area contributed by atoms with Gasteiger partial charge in [0.05, 0.1) is 11.5 Å². The Bertz CT molecular complexity index is 859. The van der Waals surface area contributed by atoms with Crippen LogP contribution in [-0.2, 0) is 4.79 Å². The van der Waals surface area contributed by atoms with Crippen molar-refractivity contribution in [2.24, 2.45) is 0 Å². The lowest BCUT2D eigenvalue weighted by atomic mass is 9.87. The molecule has 0 saturated carbocycles. The van der Waals surface area contributed by atoms with E-state index in [1.54, 1.807) is 6.92 Å². The van der Waals surface area contributed by atoms with Crippen LogP contribution in [0.4, 0.5) is 13.2 Å². The molecule has 9 heteroatoms. The number of carbonyl (C=O) groups is 2. The zero-order valence-electron chi connectivity index (χ0n) is 13.9. The molecule has 0 fully saturated rings. The molecular weight excluding hydrogens is 369 g/mol. The highest BCUT2D eigenvalue weighted by Crippen LogP contribution is 2.35. The molecule has 2 rings (SSSR count). The van der Waals surface area contributed by atoms with Crippen LogP contribution in [0.5, 0.6) is 17.2 Å². The van der Waals surface area contributed by atoms with Crippen molar-refractivity contribution >= 4 is 11.8 Å². The fourth-order valence-corrected chi connectivity index (χ4v) is 2.64. The van der Waals surface area contributed by atoms with Gasteiger partial charge in [0, 0.05) is 11.6 Å². The van der Waals surface area contributed by atoms with Crippen molar-refractivity contribution in [3.8, 4) is 17.2 Å². The summed E-state index contributed by atoms with van der Waals surface area (Å²) < 4.78 is 40.4. The van der Waals surface area contributed by atoms with Crippen molar-refractivity contribution in [1.82, 2.24) is 0 Å². The molecule has 1 unspecified atom stereocenters. The molecule has 0 aliphatic carbocycles. The molecule has 0 bridgehead atoms. The van der Waals surface area contributed by atoms with Crippen LogP contribution in [-0.4, -0.2) is 33.4 Å². The molecule has 2 aromatic carbocycles. The highest BCUT2D eigenvalue weighted by atomic mass is 19.4. The van der Waals surface area contributed by atoms with E-state index in [1.165, 1.54) is 0 Å².